The highest BCUT2D eigenvalue weighted by molar-refractivity contribution is 7.88. The molecule has 1 aliphatic heterocycles. The van der Waals surface area contributed by atoms with Gasteiger partial charge >= 0.3 is 0 Å². The minimum atomic E-state index is -3.11. The second-order valence-corrected chi connectivity index (χ2v) is 9.15. The molecule has 0 unspecified atom stereocenters. The number of methoxy groups -OCH3 is 1. The van der Waals surface area contributed by atoms with Crippen LogP contribution in [0.2, 0.25) is 0 Å². The predicted molar refractivity (Wildman–Crippen MR) is 112 cm³/mol. The normalized spacial score (nSPS) is 15.8. The third-order valence-electron chi connectivity index (χ3n) is 5.03. The Bertz CT molecular complexity index is 919. The summed E-state index contributed by atoms with van der Waals surface area (Å²) in [6.45, 7) is 3.64. The zero-order valence-corrected chi connectivity index (χ0v) is 17.6. The fourth-order valence-corrected chi connectivity index (χ4v) is 4.09. The van der Waals surface area contributed by atoms with Gasteiger partial charge in [-0.15, -0.1) is 0 Å². The first-order valence-corrected chi connectivity index (χ1v) is 11.4. The lowest BCUT2D eigenvalue weighted by atomic mass is 10.1. The summed E-state index contributed by atoms with van der Waals surface area (Å²) in [7, 11) is -1.49. The van der Waals surface area contributed by atoms with E-state index in [0.29, 0.717) is 38.3 Å². The van der Waals surface area contributed by atoms with Gasteiger partial charge in [-0.05, 0) is 35.4 Å². The number of nitrogens with one attached hydrogen (secondary N) is 1. The highest BCUT2D eigenvalue weighted by Crippen LogP contribution is 2.13. The molecule has 1 N–H and O–H groups in total. The molecule has 1 amide bonds. The summed E-state index contributed by atoms with van der Waals surface area (Å²) in [5.41, 5.74) is 2.72. The Morgan fingerprint density at radius 1 is 0.966 bits per heavy atom. The summed E-state index contributed by atoms with van der Waals surface area (Å²) >= 11 is 0. The van der Waals surface area contributed by atoms with E-state index >= 15 is 0 Å². The molecule has 0 spiro atoms. The number of hydrogen-bond donors (Lipinski definition) is 1. The lowest BCUT2D eigenvalue weighted by molar-refractivity contribution is 0.0951. The number of carbonyl (C=O) groups excluding carboxylic acids is 1. The van der Waals surface area contributed by atoms with Crippen LogP contribution in [0.15, 0.2) is 48.5 Å². The van der Waals surface area contributed by atoms with Gasteiger partial charge in [0.25, 0.3) is 5.91 Å². The average molecular weight is 418 g/mol. The van der Waals surface area contributed by atoms with Crippen molar-refractivity contribution in [2.45, 2.75) is 13.1 Å². The minimum Gasteiger partial charge on any atom is -0.497 e. The first-order valence-electron chi connectivity index (χ1n) is 9.53. The number of rotatable bonds is 7. The van der Waals surface area contributed by atoms with E-state index in [1.807, 2.05) is 48.5 Å². The molecular weight excluding hydrogens is 390 g/mol. The van der Waals surface area contributed by atoms with Crippen LogP contribution in [0.3, 0.4) is 0 Å². The number of ether oxygens (including phenoxy) is 1. The van der Waals surface area contributed by atoms with Crippen molar-refractivity contribution in [2.24, 2.45) is 0 Å². The fraction of sp³-hybridized carbons (Fsp3) is 0.381. The third kappa shape index (κ3) is 6.03. The SMILES string of the molecule is COc1ccc(CNC(=O)c2ccc(CN3CCN(S(C)(=O)=O)CC3)cc2)cc1. The van der Waals surface area contributed by atoms with E-state index in [1.54, 1.807) is 7.11 Å². The van der Waals surface area contributed by atoms with Crippen LogP contribution in [0.25, 0.3) is 0 Å². The van der Waals surface area contributed by atoms with Crippen molar-refractivity contribution < 1.29 is 17.9 Å². The van der Waals surface area contributed by atoms with Gasteiger partial charge in [0.2, 0.25) is 10.0 Å². The maximum atomic E-state index is 12.4. The Balaban J connectivity index is 1.48. The van der Waals surface area contributed by atoms with E-state index in [0.717, 1.165) is 23.4 Å². The zero-order valence-electron chi connectivity index (χ0n) is 16.8. The Kier molecular flexibility index (Phi) is 6.89. The molecule has 1 saturated heterocycles. The minimum absolute atomic E-state index is 0.117. The van der Waals surface area contributed by atoms with Crippen molar-refractivity contribution in [3.63, 3.8) is 0 Å². The number of carbonyl (C=O) groups is 1. The van der Waals surface area contributed by atoms with Crippen LogP contribution in [-0.2, 0) is 23.1 Å². The molecule has 0 radical (unpaired) electrons. The maximum absolute atomic E-state index is 12.4. The monoisotopic (exact) mass is 417 g/mol. The summed E-state index contributed by atoms with van der Waals surface area (Å²) < 4.78 is 29.8. The van der Waals surface area contributed by atoms with Gasteiger partial charge in [-0.2, -0.15) is 4.31 Å². The third-order valence-corrected chi connectivity index (χ3v) is 6.34. The highest BCUT2D eigenvalue weighted by atomic mass is 32.2. The van der Waals surface area contributed by atoms with Gasteiger partial charge in [0.1, 0.15) is 5.75 Å². The number of nitrogens with zero attached hydrogens (tertiary/aromatic N) is 2. The fourth-order valence-electron chi connectivity index (χ4n) is 3.27. The molecule has 8 heteroatoms. The van der Waals surface area contributed by atoms with Crippen molar-refractivity contribution >= 4 is 15.9 Å². The van der Waals surface area contributed by atoms with E-state index in [2.05, 4.69) is 10.2 Å². The van der Waals surface area contributed by atoms with Crippen LogP contribution < -0.4 is 10.1 Å². The summed E-state index contributed by atoms with van der Waals surface area (Å²) in [5.74, 6) is 0.669. The number of sulfonamides is 1. The van der Waals surface area contributed by atoms with Crippen LogP contribution in [0.4, 0.5) is 0 Å². The molecule has 0 aliphatic carbocycles. The smallest absolute Gasteiger partial charge is 0.251 e. The van der Waals surface area contributed by atoms with Gasteiger partial charge in [0, 0.05) is 44.8 Å². The number of hydrogen-bond acceptors (Lipinski definition) is 5. The Morgan fingerprint density at radius 2 is 1.55 bits per heavy atom. The zero-order chi connectivity index (χ0) is 20.9. The Labute approximate surface area is 172 Å². The molecule has 1 aliphatic rings. The molecular formula is C21H27N3O4S. The second-order valence-electron chi connectivity index (χ2n) is 7.17. The standard InChI is InChI=1S/C21H27N3O4S/c1-28-20-9-5-17(6-10-20)15-22-21(25)19-7-3-18(4-8-19)16-23-11-13-24(14-12-23)29(2,26)27/h3-10H,11-16H2,1-2H3,(H,22,25). The van der Waals surface area contributed by atoms with Gasteiger partial charge in [0.15, 0.2) is 0 Å². The van der Waals surface area contributed by atoms with Crippen molar-refractivity contribution in [2.75, 3.05) is 39.5 Å². The van der Waals surface area contributed by atoms with Gasteiger partial charge < -0.3 is 10.1 Å². The molecule has 29 heavy (non-hydrogen) atoms. The first-order chi connectivity index (χ1) is 13.8. The summed E-state index contributed by atoms with van der Waals surface area (Å²) in [6, 6.07) is 15.1. The molecule has 1 heterocycles. The molecule has 2 aromatic rings. The van der Waals surface area contributed by atoms with Crippen molar-refractivity contribution in [1.29, 1.82) is 0 Å². The molecule has 2 aromatic carbocycles. The van der Waals surface area contributed by atoms with E-state index in [4.69, 9.17) is 4.74 Å². The van der Waals surface area contributed by atoms with Crippen LogP contribution in [0.5, 0.6) is 5.75 Å². The molecule has 0 saturated carbocycles. The maximum Gasteiger partial charge on any atom is 0.251 e. The summed E-state index contributed by atoms with van der Waals surface area (Å²) in [4.78, 5) is 14.6. The number of piperazine rings is 1. The highest BCUT2D eigenvalue weighted by Gasteiger charge is 2.23. The lowest BCUT2D eigenvalue weighted by Gasteiger charge is -2.33. The van der Waals surface area contributed by atoms with Gasteiger partial charge in [-0.25, -0.2) is 8.42 Å². The van der Waals surface area contributed by atoms with Crippen LogP contribution in [-0.4, -0.2) is 63.1 Å². The van der Waals surface area contributed by atoms with E-state index in [-0.39, 0.29) is 5.91 Å². The van der Waals surface area contributed by atoms with E-state index in [1.165, 1.54) is 10.6 Å². The molecule has 1 fully saturated rings. The van der Waals surface area contributed by atoms with Gasteiger partial charge in [0.05, 0.1) is 13.4 Å². The van der Waals surface area contributed by atoms with Gasteiger partial charge in [-0.3, -0.25) is 9.69 Å². The van der Waals surface area contributed by atoms with Gasteiger partial charge in [-0.1, -0.05) is 24.3 Å². The van der Waals surface area contributed by atoms with Crippen LogP contribution >= 0.6 is 0 Å². The Hall–Kier alpha value is -2.42. The van der Waals surface area contributed by atoms with E-state index in [9.17, 15) is 13.2 Å². The molecule has 3 rings (SSSR count). The molecule has 0 aromatic heterocycles. The quantitative estimate of drug-likeness (QED) is 0.742. The molecule has 156 valence electrons. The molecule has 0 atom stereocenters. The number of amides is 1. The van der Waals surface area contributed by atoms with Crippen molar-refractivity contribution in [3.05, 3.63) is 65.2 Å². The largest absolute Gasteiger partial charge is 0.497 e. The first kappa shape index (κ1) is 21.3. The molecule has 0 bridgehead atoms. The summed E-state index contributed by atoms with van der Waals surface area (Å²) in [6.07, 6.45) is 1.25. The van der Waals surface area contributed by atoms with Crippen LogP contribution in [0, 0.1) is 0 Å². The molecule has 7 nitrogen and oxygen atoms in total. The van der Waals surface area contributed by atoms with E-state index < -0.39 is 10.0 Å². The Morgan fingerprint density at radius 3 is 2.10 bits per heavy atom. The lowest BCUT2D eigenvalue weighted by Crippen LogP contribution is -2.47. The summed E-state index contributed by atoms with van der Waals surface area (Å²) in [5, 5.41) is 2.92. The van der Waals surface area contributed by atoms with Crippen molar-refractivity contribution in [3.8, 4) is 5.75 Å². The van der Waals surface area contributed by atoms with Crippen LogP contribution in [0.1, 0.15) is 21.5 Å². The van der Waals surface area contributed by atoms with Crippen molar-refractivity contribution in [1.82, 2.24) is 14.5 Å². The second kappa shape index (κ2) is 9.39. The predicted octanol–water partition coefficient (Wildman–Crippen LogP) is 1.70. The topological polar surface area (TPSA) is 79.0 Å². The number of benzene rings is 2. The average Bonchev–Trinajstić information content (AvgIpc) is 2.72.